The van der Waals surface area contributed by atoms with E-state index >= 15 is 0 Å². The third-order valence-corrected chi connectivity index (χ3v) is 7.25. The van der Waals surface area contributed by atoms with Gasteiger partial charge in [-0.3, -0.25) is 0 Å². The molecule has 2 nitrogen and oxygen atoms in total. The van der Waals surface area contributed by atoms with Crippen LogP contribution in [-0.2, 0) is 4.57 Å². The molecule has 2 atom stereocenters. The normalized spacial score (nSPS) is 14.9. The van der Waals surface area contributed by atoms with Crippen LogP contribution >= 0.6 is 8.61 Å². The van der Waals surface area contributed by atoms with Crippen LogP contribution in [-0.4, -0.2) is 0 Å². The topological polar surface area (TPSA) is 20.3 Å². The van der Waals surface area contributed by atoms with E-state index in [1.54, 1.807) is 0 Å². The lowest BCUT2D eigenvalue weighted by Gasteiger charge is -2.29. The van der Waals surface area contributed by atoms with Crippen molar-refractivity contribution >= 4 is 31.1 Å². The van der Waals surface area contributed by atoms with Crippen molar-refractivity contribution in [3.63, 3.8) is 0 Å². The van der Waals surface area contributed by atoms with Gasteiger partial charge in [-0.15, -0.1) is 0 Å². The SMILES string of the molecule is O=[PH+]N1c2c(cc(-c3ccccc3)cc2-c2ccccc2)C=CC1c1cccc2ccccc12. The van der Waals surface area contributed by atoms with Crippen molar-refractivity contribution in [1.29, 1.82) is 0 Å². The number of hydrogen-bond acceptors (Lipinski definition) is 1. The van der Waals surface area contributed by atoms with Crippen LogP contribution in [0.1, 0.15) is 17.2 Å². The molecular formula is C31H23NOP+. The molecule has 162 valence electrons. The quantitative estimate of drug-likeness (QED) is 0.252. The van der Waals surface area contributed by atoms with Gasteiger partial charge in [0, 0.05) is 11.1 Å². The summed E-state index contributed by atoms with van der Waals surface area (Å²) >= 11 is 0. The van der Waals surface area contributed by atoms with Crippen LogP contribution in [0.25, 0.3) is 39.1 Å². The first kappa shape index (κ1) is 20.6. The molecule has 3 heteroatoms. The number of nitrogens with zero attached hydrogens (tertiary/aromatic N) is 1. The van der Waals surface area contributed by atoms with Crippen molar-refractivity contribution in [2.24, 2.45) is 0 Å². The number of rotatable bonds is 4. The maximum atomic E-state index is 12.8. The summed E-state index contributed by atoms with van der Waals surface area (Å²) < 4.78 is 14.9. The molecule has 0 bridgehead atoms. The first-order valence-corrected chi connectivity index (χ1v) is 12.3. The molecule has 0 saturated heterocycles. The van der Waals surface area contributed by atoms with Gasteiger partial charge < -0.3 is 0 Å². The summed E-state index contributed by atoms with van der Waals surface area (Å²) in [5.41, 5.74) is 7.79. The third kappa shape index (κ3) is 3.53. The van der Waals surface area contributed by atoms with Crippen LogP contribution in [0.3, 0.4) is 0 Å². The largest absolute Gasteiger partial charge is 0.449 e. The van der Waals surface area contributed by atoms with Gasteiger partial charge in [-0.1, -0.05) is 115 Å². The first-order valence-electron chi connectivity index (χ1n) is 11.5. The summed E-state index contributed by atoms with van der Waals surface area (Å²) in [6, 6.07) is 39.9. The summed E-state index contributed by atoms with van der Waals surface area (Å²) in [6.07, 6.45) is 4.37. The highest BCUT2D eigenvalue weighted by Crippen LogP contribution is 2.48. The van der Waals surface area contributed by atoms with Crippen molar-refractivity contribution in [3.05, 3.63) is 132 Å². The predicted molar refractivity (Wildman–Crippen MR) is 145 cm³/mol. The highest BCUT2D eigenvalue weighted by molar-refractivity contribution is 7.26. The Labute approximate surface area is 201 Å². The number of anilines is 1. The van der Waals surface area contributed by atoms with Gasteiger partial charge in [0.2, 0.25) is 0 Å². The Balaban J connectivity index is 1.58. The van der Waals surface area contributed by atoms with E-state index in [1.165, 1.54) is 16.3 Å². The minimum atomic E-state index is -0.612. The Morgan fingerprint density at radius 1 is 0.647 bits per heavy atom. The standard InChI is InChI=1S/C31H22NOP/c33-34-32-30(28-17-9-15-23-14-7-8-16-27(23)28)19-18-25-20-26(22-10-3-1-4-11-22)21-29(31(25)32)24-12-5-2-6-13-24/h1-21,30H/p+1. The molecule has 0 N–H and O–H groups in total. The zero-order chi connectivity index (χ0) is 22.9. The lowest BCUT2D eigenvalue weighted by atomic mass is 9.89. The maximum absolute atomic E-state index is 12.8. The highest BCUT2D eigenvalue weighted by Gasteiger charge is 2.33. The Morgan fingerprint density at radius 2 is 1.32 bits per heavy atom. The first-order chi connectivity index (χ1) is 16.8. The molecule has 2 unspecified atom stereocenters. The fourth-order valence-corrected chi connectivity index (χ4v) is 5.64. The van der Waals surface area contributed by atoms with Crippen LogP contribution in [0.15, 0.2) is 121 Å². The average Bonchev–Trinajstić information content (AvgIpc) is 2.92. The van der Waals surface area contributed by atoms with Gasteiger partial charge >= 0.3 is 8.61 Å². The molecule has 0 fully saturated rings. The molecule has 34 heavy (non-hydrogen) atoms. The summed E-state index contributed by atoms with van der Waals surface area (Å²) in [4.78, 5) is 0. The molecule has 0 saturated carbocycles. The minimum Gasteiger partial charge on any atom is -0.156 e. The molecule has 0 amide bonds. The molecule has 0 aromatic heterocycles. The van der Waals surface area contributed by atoms with Crippen molar-refractivity contribution in [2.45, 2.75) is 6.04 Å². The van der Waals surface area contributed by atoms with Gasteiger partial charge in [-0.2, -0.15) is 4.67 Å². The van der Waals surface area contributed by atoms with E-state index in [1.807, 2.05) is 16.8 Å². The molecule has 5 aromatic rings. The van der Waals surface area contributed by atoms with E-state index in [4.69, 9.17) is 0 Å². The highest BCUT2D eigenvalue weighted by atomic mass is 31.1. The van der Waals surface area contributed by atoms with Gasteiger partial charge in [-0.25, -0.2) is 0 Å². The Kier molecular flexibility index (Phi) is 5.30. The predicted octanol–water partition coefficient (Wildman–Crippen LogP) is 8.69. The van der Waals surface area contributed by atoms with Crippen molar-refractivity contribution in [2.75, 3.05) is 4.67 Å². The molecule has 6 rings (SSSR count). The van der Waals surface area contributed by atoms with Gasteiger partial charge in [0.1, 0.15) is 6.04 Å². The fourth-order valence-electron chi connectivity index (χ4n) is 4.96. The molecule has 0 spiro atoms. The second-order valence-electron chi connectivity index (χ2n) is 8.53. The zero-order valence-corrected chi connectivity index (χ0v) is 19.6. The van der Waals surface area contributed by atoms with E-state index < -0.39 is 8.61 Å². The molecule has 5 aromatic carbocycles. The minimum absolute atomic E-state index is 0.112. The summed E-state index contributed by atoms with van der Waals surface area (Å²) in [6.45, 7) is 0. The number of hydrogen-bond donors (Lipinski definition) is 0. The maximum Gasteiger partial charge on any atom is 0.449 e. The van der Waals surface area contributed by atoms with E-state index in [0.29, 0.717) is 0 Å². The monoisotopic (exact) mass is 456 g/mol. The smallest absolute Gasteiger partial charge is 0.156 e. The van der Waals surface area contributed by atoms with E-state index in [0.717, 1.165) is 33.5 Å². The van der Waals surface area contributed by atoms with Crippen LogP contribution in [0.4, 0.5) is 5.69 Å². The van der Waals surface area contributed by atoms with Gasteiger partial charge in [-0.05, 0) is 49.7 Å². The Morgan fingerprint density at radius 3 is 2.09 bits per heavy atom. The molecule has 1 aliphatic heterocycles. The molecule has 1 heterocycles. The molecular weight excluding hydrogens is 433 g/mol. The van der Waals surface area contributed by atoms with E-state index in [2.05, 4.69) is 115 Å². The van der Waals surface area contributed by atoms with Crippen molar-refractivity contribution in [1.82, 2.24) is 0 Å². The second-order valence-corrected chi connectivity index (χ2v) is 9.19. The van der Waals surface area contributed by atoms with Gasteiger partial charge in [0.25, 0.3) is 0 Å². The fraction of sp³-hybridized carbons (Fsp3) is 0.0323. The van der Waals surface area contributed by atoms with E-state index in [-0.39, 0.29) is 6.04 Å². The summed E-state index contributed by atoms with van der Waals surface area (Å²) in [5, 5.41) is 2.38. The van der Waals surface area contributed by atoms with Crippen molar-refractivity contribution in [3.8, 4) is 22.3 Å². The summed E-state index contributed by atoms with van der Waals surface area (Å²) in [5.74, 6) is 0. The number of fused-ring (bicyclic) bond motifs is 2. The summed E-state index contributed by atoms with van der Waals surface area (Å²) in [7, 11) is -0.612. The van der Waals surface area contributed by atoms with Crippen LogP contribution in [0.2, 0.25) is 0 Å². The molecule has 1 aliphatic rings. The number of benzene rings is 5. The Hall–Kier alpha value is -4.00. The van der Waals surface area contributed by atoms with Gasteiger partial charge in [0.05, 0.1) is 5.69 Å². The molecule has 0 radical (unpaired) electrons. The van der Waals surface area contributed by atoms with E-state index in [9.17, 15) is 4.57 Å². The van der Waals surface area contributed by atoms with Crippen LogP contribution in [0, 0.1) is 0 Å². The van der Waals surface area contributed by atoms with Gasteiger partial charge in [0.15, 0.2) is 0 Å². The average molecular weight is 457 g/mol. The Bertz CT molecular complexity index is 1520. The third-order valence-electron chi connectivity index (χ3n) is 6.55. The molecule has 0 aliphatic carbocycles. The zero-order valence-electron chi connectivity index (χ0n) is 18.6. The van der Waals surface area contributed by atoms with Crippen LogP contribution in [0.5, 0.6) is 0 Å². The lowest BCUT2D eigenvalue weighted by Crippen LogP contribution is -2.21. The van der Waals surface area contributed by atoms with Crippen molar-refractivity contribution < 1.29 is 4.57 Å². The lowest BCUT2D eigenvalue weighted by molar-refractivity contribution is 0.594. The van der Waals surface area contributed by atoms with Crippen LogP contribution < -0.4 is 4.67 Å². The second kappa shape index (κ2) is 8.74.